The summed E-state index contributed by atoms with van der Waals surface area (Å²) in [6.07, 6.45) is 2.74. The van der Waals surface area contributed by atoms with Crippen LogP contribution in [0.4, 0.5) is 5.69 Å². The van der Waals surface area contributed by atoms with Crippen molar-refractivity contribution in [1.29, 1.82) is 0 Å². The van der Waals surface area contributed by atoms with Gasteiger partial charge in [0.25, 0.3) is 0 Å². The lowest BCUT2D eigenvalue weighted by molar-refractivity contribution is -0.139. The fourth-order valence-electron chi connectivity index (χ4n) is 3.42. The second kappa shape index (κ2) is 12.4. The van der Waals surface area contributed by atoms with Gasteiger partial charge in [-0.2, -0.15) is 0 Å². The molecule has 186 valence electrons. The number of nitrogens with zero attached hydrogens (tertiary/aromatic N) is 2. The van der Waals surface area contributed by atoms with Crippen LogP contribution in [0.25, 0.3) is 0 Å². The van der Waals surface area contributed by atoms with Crippen molar-refractivity contribution in [2.24, 2.45) is 0 Å². The minimum absolute atomic E-state index is 0.150. The van der Waals surface area contributed by atoms with Crippen LogP contribution in [0.5, 0.6) is 0 Å². The fourth-order valence-corrected chi connectivity index (χ4v) is 4.77. The summed E-state index contributed by atoms with van der Waals surface area (Å²) in [5.41, 5.74) is 2.01. The number of rotatable bonds is 11. The number of hydrogen-bond donors (Lipinski definition) is 1. The van der Waals surface area contributed by atoms with Crippen LogP contribution < -0.4 is 9.62 Å². The Hall–Kier alpha value is -2.29. The van der Waals surface area contributed by atoms with E-state index in [1.165, 1.54) is 23.1 Å². The van der Waals surface area contributed by atoms with Gasteiger partial charge >= 0.3 is 0 Å². The topological polar surface area (TPSA) is 86.8 Å². The van der Waals surface area contributed by atoms with Crippen LogP contribution in [0.3, 0.4) is 0 Å². The van der Waals surface area contributed by atoms with Gasteiger partial charge in [-0.05, 0) is 44.0 Å². The summed E-state index contributed by atoms with van der Waals surface area (Å²) >= 11 is 12.1. The lowest BCUT2D eigenvalue weighted by Crippen LogP contribution is -2.51. The van der Waals surface area contributed by atoms with Crippen molar-refractivity contribution < 1.29 is 18.0 Å². The third-order valence-corrected chi connectivity index (χ3v) is 6.82. The van der Waals surface area contributed by atoms with Crippen molar-refractivity contribution in [3.63, 3.8) is 0 Å². The standard InChI is InChI=1S/C24H31Cl2N3O4S/c1-5-6-10-27-24(31)18(3)28(15-19-9-7-8-17(2)11-19)23(30)16-29(34(4,32)33)22-13-20(25)12-21(26)14-22/h7-9,11-14,18H,5-6,10,15-16H2,1-4H3,(H,27,31)/t18-/m1/s1. The van der Waals surface area contributed by atoms with Crippen molar-refractivity contribution in [1.82, 2.24) is 10.2 Å². The zero-order chi connectivity index (χ0) is 25.5. The molecule has 7 nitrogen and oxygen atoms in total. The molecule has 34 heavy (non-hydrogen) atoms. The maximum Gasteiger partial charge on any atom is 0.244 e. The Morgan fingerprint density at radius 2 is 1.74 bits per heavy atom. The molecule has 0 fully saturated rings. The van der Waals surface area contributed by atoms with E-state index in [9.17, 15) is 18.0 Å². The molecule has 0 spiro atoms. The zero-order valence-electron chi connectivity index (χ0n) is 19.8. The van der Waals surface area contributed by atoms with E-state index < -0.39 is 28.5 Å². The van der Waals surface area contributed by atoms with Gasteiger partial charge < -0.3 is 10.2 Å². The number of anilines is 1. The maximum atomic E-state index is 13.5. The number of hydrogen-bond acceptors (Lipinski definition) is 4. The Morgan fingerprint density at radius 3 is 2.29 bits per heavy atom. The Bertz CT molecular complexity index is 1100. The molecule has 2 aromatic rings. The predicted octanol–water partition coefficient (Wildman–Crippen LogP) is 4.40. The molecule has 0 radical (unpaired) electrons. The molecule has 0 aliphatic heterocycles. The van der Waals surface area contributed by atoms with Gasteiger partial charge in [0.1, 0.15) is 12.6 Å². The summed E-state index contributed by atoms with van der Waals surface area (Å²) in [5.74, 6) is -0.827. The van der Waals surface area contributed by atoms with Gasteiger partial charge in [-0.25, -0.2) is 8.42 Å². The number of benzene rings is 2. The van der Waals surface area contributed by atoms with E-state index in [1.807, 2.05) is 38.1 Å². The highest BCUT2D eigenvalue weighted by atomic mass is 35.5. The molecule has 0 aliphatic carbocycles. The Kier molecular flexibility index (Phi) is 10.2. The van der Waals surface area contributed by atoms with E-state index in [2.05, 4.69) is 5.32 Å². The molecule has 0 aliphatic rings. The van der Waals surface area contributed by atoms with Gasteiger partial charge in [-0.1, -0.05) is 66.4 Å². The largest absolute Gasteiger partial charge is 0.354 e. The molecule has 2 aromatic carbocycles. The Morgan fingerprint density at radius 1 is 1.09 bits per heavy atom. The minimum Gasteiger partial charge on any atom is -0.354 e. The van der Waals surface area contributed by atoms with Crippen LogP contribution >= 0.6 is 23.2 Å². The highest BCUT2D eigenvalue weighted by Crippen LogP contribution is 2.27. The number of carbonyl (C=O) groups excluding carboxylic acids is 2. The molecule has 10 heteroatoms. The van der Waals surface area contributed by atoms with Crippen molar-refractivity contribution >= 4 is 50.7 Å². The summed E-state index contributed by atoms with van der Waals surface area (Å²) in [6, 6.07) is 11.1. The van der Waals surface area contributed by atoms with Crippen LogP contribution in [0.15, 0.2) is 42.5 Å². The molecular weight excluding hydrogens is 497 g/mol. The molecule has 1 atom stereocenters. The van der Waals surface area contributed by atoms with E-state index in [0.717, 1.165) is 34.5 Å². The number of carbonyl (C=O) groups is 2. The first-order valence-electron chi connectivity index (χ1n) is 11.0. The van der Waals surface area contributed by atoms with E-state index >= 15 is 0 Å². The number of aryl methyl sites for hydroxylation is 1. The first kappa shape index (κ1) is 28.0. The maximum absolute atomic E-state index is 13.5. The van der Waals surface area contributed by atoms with Crippen LogP contribution in [0.1, 0.15) is 37.8 Å². The van der Waals surface area contributed by atoms with E-state index in [0.29, 0.717) is 6.54 Å². The van der Waals surface area contributed by atoms with Crippen molar-refractivity contribution in [2.45, 2.75) is 46.2 Å². The van der Waals surface area contributed by atoms with Crippen molar-refractivity contribution in [3.8, 4) is 0 Å². The van der Waals surface area contributed by atoms with Crippen LogP contribution in [0.2, 0.25) is 10.0 Å². The van der Waals surface area contributed by atoms with Gasteiger partial charge in [0, 0.05) is 23.1 Å². The van der Waals surface area contributed by atoms with Gasteiger partial charge in [0.2, 0.25) is 21.8 Å². The molecule has 0 saturated heterocycles. The molecule has 0 aromatic heterocycles. The summed E-state index contributed by atoms with van der Waals surface area (Å²) < 4.78 is 26.1. The second-order valence-electron chi connectivity index (χ2n) is 8.23. The second-order valence-corrected chi connectivity index (χ2v) is 11.0. The van der Waals surface area contributed by atoms with Crippen molar-refractivity contribution in [3.05, 3.63) is 63.6 Å². The summed E-state index contributed by atoms with van der Waals surface area (Å²) in [7, 11) is -3.86. The molecule has 0 bridgehead atoms. The third kappa shape index (κ3) is 8.18. The molecule has 2 rings (SSSR count). The molecule has 2 amide bonds. The summed E-state index contributed by atoms with van der Waals surface area (Å²) in [4.78, 5) is 27.7. The summed E-state index contributed by atoms with van der Waals surface area (Å²) in [5, 5.41) is 3.33. The van der Waals surface area contributed by atoms with E-state index in [-0.39, 0.29) is 28.2 Å². The quantitative estimate of drug-likeness (QED) is 0.438. The number of amides is 2. The zero-order valence-corrected chi connectivity index (χ0v) is 22.2. The fraction of sp³-hybridized carbons (Fsp3) is 0.417. The number of nitrogens with one attached hydrogen (secondary N) is 1. The molecule has 0 unspecified atom stereocenters. The van der Waals surface area contributed by atoms with E-state index in [4.69, 9.17) is 23.2 Å². The lowest BCUT2D eigenvalue weighted by atomic mass is 10.1. The number of sulfonamides is 1. The van der Waals surface area contributed by atoms with Crippen LogP contribution in [-0.2, 0) is 26.2 Å². The SMILES string of the molecule is CCCCNC(=O)[C@@H](C)N(Cc1cccc(C)c1)C(=O)CN(c1cc(Cl)cc(Cl)c1)S(C)(=O)=O. The molecular formula is C24H31Cl2N3O4S. The highest BCUT2D eigenvalue weighted by molar-refractivity contribution is 7.92. The van der Waals surface area contributed by atoms with Gasteiger partial charge in [-0.15, -0.1) is 0 Å². The van der Waals surface area contributed by atoms with Gasteiger partial charge in [0.15, 0.2) is 0 Å². The smallest absolute Gasteiger partial charge is 0.244 e. The lowest BCUT2D eigenvalue weighted by Gasteiger charge is -2.31. The average molecular weight is 529 g/mol. The number of halogens is 2. The first-order chi connectivity index (χ1) is 15.9. The predicted molar refractivity (Wildman–Crippen MR) is 138 cm³/mol. The van der Waals surface area contributed by atoms with Gasteiger partial charge in [-0.3, -0.25) is 13.9 Å². The normalized spacial score (nSPS) is 12.2. The number of unbranched alkanes of at least 4 members (excludes halogenated alkanes) is 1. The Labute approximate surface area is 212 Å². The third-order valence-electron chi connectivity index (χ3n) is 5.25. The van der Waals surface area contributed by atoms with Gasteiger partial charge in [0.05, 0.1) is 11.9 Å². The molecule has 0 heterocycles. The average Bonchev–Trinajstić information content (AvgIpc) is 2.73. The summed E-state index contributed by atoms with van der Waals surface area (Å²) in [6.45, 7) is 5.74. The van der Waals surface area contributed by atoms with E-state index in [1.54, 1.807) is 6.92 Å². The monoisotopic (exact) mass is 527 g/mol. The van der Waals surface area contributed by atoms with Crippen molar-refractivity contribution in [2.75, 3.05) is 23.7 Å². The van der Waals surface area contributed by atoms with Crippen LogP contribution in [0, 0.1) is 6.92 Å². The highest BCUT2D eigenvalue weighted by Gasteiger charge is 2.30. The first-order valence-corrected chi connectivity index (χ1v) is 13.6. The Balaban J connectivity index is 2.38. The van der Waals surface area contributed by atoms with Crippen LogP contribution in [-0.4, -0.2) is 50.5 Å². The minimum atomic E-state index is -3.86. The molecule has 1 N–H and O–H groups in total. The molecule has 0 saturated carbocycles.